The number of nitrogens with zero attached hydrogens (tertiary/aromatic N) is 2. The van der Waals surface area contributed by atoms with E-state index in [0.717, 1.165) is 33.2 Å². The molecule has 0 amide bonds. The third-order valence-electron chi connectivity index (χ3n) is 6.41. The van der Waals surface area contributed by atoms with E-state index in [4.69, 9.17) is 14.2 Å². The maximum Gasteiger partial charge on any atom is 0.228 e. The first-order chi connectivity index (χ1) is 17.7. The van der Waals surface area contributed by atoms with Gasteiger partial charge in [0.15, 0.2) is 0 Å². The summed E-state index contributed by atoms with van der Waals surface area (Å²) >= 11 is 0. The number of hydrogen-bond acceptors (Lipinski definition) is 6. The van der Waals surface area contributed by atoms with Gasteiger partial charge in [-0.05, 0) is 47.9 Å². The molecule has 1 aliphatic heterocycles. The Bertz CT molecular complexity index is 1590. The number of aromatic nitrogens is 2. The maximum absolute atomic E-state index is 13.5. The molecule has 0 spiro atoms. The molecule has 2 heterocycles. The van der Waals surface area contributed by atoms with Crippen LogP contribution in [0, 0.1) is 5.82 Å². The van der Waals surface area contributed by atoms with Crippen molar-refractivity contribution in [3.05, 3.63) is 108 Å². The molecule has 1 aromatic heterocycles. The highest BCUT2D eigenvalue weighted by Crippen LogP contribution is 2.53. The smallest absolute Gasteiger partial charge is 0.228 e. The second kappa shape index (κ2) is 8.85. The third kappa shape index (κ3) is 3.65. The Hall–Kier alpha value is -4.65. The van der Waals surface area contributed by atoms with Crippen LogP contribution in [0.3, 0.4) is 0 Å². The number of halogens is 1. The van der Waals surface area contributed by atoms with Gasteiger partial charge in [0.1, 0.15) is 35.2 Å². The van der Waals surface area contributed by atoms with Crippen molar-refractivity contribution in [3.8, 4) is 23.1 Å². The molecular weight excluding hydrogens is 457 g/mol. The van der Waals surface area contributed by atoms with Crippen molar-refractivity contribution in [1.82, 2.24) is 9.97 Å². The van der Waals surface area contributed by atoms with Gasteiger partial charge in [-0.3, -0.25) is 0 Å². The first-order valence-electron chi connectivity index (χ1n) is 11.4. The molecule has 36 heavy (non-hydrogen) atoms. The van der Waals surface area contributed by atoms with Crippen LogP contribution in [0.15, 0.2) is 85.2 Å². The van der Waals surface area contributed by atoms with E-state index >= 15 is 0 Å². The van der Waals surface area contributed by atoms with Gasteiger partial charge in [0.2, 0.25) is 5.88 Å². The van der Waals surface area contributed by atoms with Crippen LogP contribution in [0.1, 0.15) is 22.6 Å². The molecule has 0 saturated carbocycles. The molecule has 1 aliphatic rings. The fraction of sp³-hybridized carbons (Fsp3) is 0.103. The van der Waals surface area contributed by atoms with Crippen molar-refractivity contribution in [2.45, 2.75) is 5.92 Å². The Kier molecular flexibility index (Phi) is 5.37. The van der Waals surface area contributed by atoms with Crippen LogP contribution in [0.4, 0.5) is 15.9 Å². The lowest BCUT2D eigenvalue weighted by Crippen LogP contribution is -2.17. The molecule has 5 aromatic rings. The number of rotatable bonds is 5. The molecule has 6 nitrogen and oxygen atoms in total. The van der Waals surface area contributed by atoms with Crippen molar-refractivity contribution in [1.29, 1.82) is 0 Å². The Balaban J connectivity index is 1.62. The largest absolute Gasteiger partial charge is 0.497 e. The van der Waals surface area contributed by atoms with E-state index in [1.54, 1.807) is 26.4 Å². The summed E-state index contributed by atoms with van der Waals surface area (Å²) in [4.78, 5) is 9.06. The van der Waals surface area contributed by atoms with Gasteiger partial charge >= 0.3 is 0 Å². The molecule has 1 N–H and O–H groups in total. The highest BCUT2D eigenvalue weighted by Gasteiger charge is 2.36. The molecule has 0 radical (unpaired) electrons. The fourth-order valence-electron chi connectivity index (χ4n) is 4.73. The summed E-state index contributed by atoms with van der Waals surface area (Å²) in [5.41, 5.74) is 3.27. The number of nitrogens with one attached hydrogen (secondary N) is 1. The molecule has 6 rings (SSSR count). The van der Waals surface area contributed by atoms with E-state index in [1.165, 1.54) is 18.5 Å². The van der Waals surface area contributed by atoms with Gasteiger partial charge in [-0.2, -0.15) is 0 Å². The van der Waals surface area contributed by atoms with Crippen LogP contribution >= 0.6 is 0 Å². The van der Waals surface area contributed by atoms with E-state index < -0.39 is 0 Å². The average molecular weight is 480 g/mol. The zero-order valence-electron chi connectivity index (χ0n) is 19.7. The minimum atomic E-state index is -0.331. The van der Waals surface area contributed by atoms with Gasteiger partial charge in [-0.15, -0.1) is 0 Å². The Morgan fingerprint density at radius 1 is 0.861 bits per heavy atom. The quantitative estimate of drug-likeness (QED) is 0.293. The highest BCUT2D eigenvalue weighted by molar-refractivity contribution is 5.91. The lowest BCUT2D eigenvalue weighted by Gasteiger charge is -2.31. The van der Waals surface area contributed by atoms with Crippen LogP contribution < -0.4 is 19.5 Å². The average Bonchev–Trinajstić information content (AvgIpc) is 2.92. The number of benzene rings is 4. The highest BCUT2D eigenvalue weighted by atomic mass is 19.1. The van der Waals surface area contributed by atoms with Crippen LogP contribution in [-0.2, 0) is 0 Å². The summed E-state index contributed by atoms with van der Waals surface area (Å²) in [5.74, 6) is 2.49. The van der Waals surface area contributed by atoms with Gasteiger partial charge in [0, 0.05) is 22.2 Å². The van der Waals surface area contributed by atoms with E-state index in [-0.39, 0.29) is 11.7 Å². The normalized spacial score (nSPS) is 13.9. The molecule has 1 unspecified atom stereocenters. The van der Waals surface area contributed by atoms with Gasteiger partial charge in [-0.25, -0.2) is 14.4 Å². The SMILES string of the molecule is COc1ccc(OC)c(C2c3ccc4ccccc4c3Oc3ncnc(Nc4ccc(F)cc4)c32)c1. The van der Waals surface area contributed by atoms with Crippen molar-refractivity contribution >= 4 is 22.3 Å². The molecule has 7 heteroatoms. The van der Waals surface area contributed by atoms with Crippen LogP contribution in [0.25, 0.3) is 10.8 Å². The summed E-state index contributed by atoms with van der Waals surface area (Å²) in [6.45, 7) is 0. The number of ether oxygens (including phenoxy) is 3. The van der Waals surface area contributed by atoms with E-state index in [1.807, 2.05) is 36.4 Å². The molecule has 4 aromatic carbocycles. The van der Waals surface area contributed by atoms with Gasteiger partial charge in [0.25, 0.3) is 0 Å². The van der Waals surface area contributed by atoms with Crippen LogP contribution in [0.2, 0.25) is 0 Å². The Morgan fingerprint density at radius 2 is 1.69 bits per heavy atom. The molecule has 0 aliphatic carbocycles. The molecule has 178 valence electrons. The van der Waals surface area contributed by atoms with Crippen LogP contribution in [0.5, 0.6) is 23.1 Å². The zero-order chi connectivity index (χ0) is 24.6. The predicted octanol–water partition coefficient (Wildman–Crippen LogP) is 6.82. The van der Waals surface area contributed by atoms with Crippen molar-refractivity contribution in [2.75, 3.05) is 19.5 Å². The number of methoxy groups -OCH3 is 2. The standard InChI is InChI=1S/C29H22FN3O3/c1-34-20-12-14-24(35-2)23(15-20)25-22-13-7-17-5-3-4-6-21(17)27(22)36-29-26(25)28(31-16-32-29)33-19-10-8-18(30)9-11-19/h3-16,25H,1-2H3,(H,31,32,33). The Labute approximate surface area is 207 Å². The summed E-state index contributed by atoms with van der Waals surface area (Å²) in [5, 5.41) is 5.37. The lowest BCUT2D eigenvalue weighted by molar-refractivity contribution is 0.394. The van der Waals surface area contributed by atoms with E-state index in [0.29, 0.717) is 28.9 Å². The monoisotopic (exact) mass is 479 g/mol. The second-order valence-corrected chi connectivity index (χ2v) is 8.42. The first-order valence-corrected chi connectivity index (χ1v) is 11.4. The third-order valence-corrected chi connectivity index (χ3v) is 6.41. The van der Waals surface area contributed by atoms with Crippen molar-refractivity contribution < 1.29 is 18.6 Å². The number of hydrogen-bond donors (Lipinski definition) is 1. The number of fused-ring (bicyclic) bond motifs is 4. The number of anilines is 2. The lowest BCUT2D eigenvalue weighted by atomic mass is 9.82. The van der Waals surface area contributed by atoms with E-state index in [9.17, 15) is 4.39 Å². The Morgan fingerprint density at radius 3 is 2.50 bits per heavy atom. The molecule has 1 atom stereocenters. The van der Waals surface area contributed by atoms with Gasteiger partial charge < -0.3 is 19.5 Å². The first kappa shape index (κ1) is 21.9. The summed E-state index contributed by atoms with van der Waals surface area (Å²) < 4.78 is 31.3. The van der Waals surface area contributed by atoms with Gasteiger partial charge in [-0.1, -0.05) is 36.4 Å². The summed E-state index contributed by atoms with van der Waals surface area (Å²) in [6, 6.07) is 24.1. The van der Waals surface area contributed by atoms with Crippen molar-refractivity contribution in [2.24, 2.45) is 0 Å². The topological polar surface area (TPSA) is 65.5 Å². The zero-order valence-corrected chi connectivity index (χ0v) is 19.7. The van der Waals surface area contributed by atoms with Crippen molar-refractivity contribution in [3.63, 3.8) is 0 Å². The van der Waals surface area contributed by atoms with Gasteiger partial charge in [0.05, 0.1) is 25.7 Å². The van der Waals surface area contributed by atoms with Crippen LogP contribution in [-0.4, -0.2) is 24.2 Å². The second-order valence-electron chi connectivity index (χ2n) is 8.42. The molecule has 0 bridgehead atoms. The summed E-state index contributed by atoms with van der Waals surface area (Å²) in [6.07, 6.45) is 1.46. The minimum absolute atomic E-state index is 0.312. The minimum Gasteiger partial charge on any atom is -0.497 e. The maximum atomic E-state index is 13.5. The molecular formula is C29H22FN3O3. The molecule has 0 saturated heterocycles. The predicted molar refractivity (Wildman–Crippen MR) is 136 cm³/mol. The molecule has 0 fully saturated rings. The summed E-state index contributed by atoms with van der Waals surface area (Å²) in [7, 11) is 3.28. The fourth-order valence-corrected chi connectivity index (χ4v) is 4.73. The van der Waals surface area contributed by atoms with E-state index in [2.05, 4.69) is 33.5 Å².